The Balaban J connectivity index is 1.76. The molecule has 1 amide bonds. The van der Waals surface area contributed by atoms with E-state index in [-0.39, 0.29) is 11.9 Å². The molecular weight excluding hydrogens is 288 g/mol. The summed E-state index contributed by atoms with van der Waals surface area (Å²) in [6, 6.07) is 11.9. The van der Waals surface area contributed by atoms with E-state index in [1.54, 1.807) is 10.9 Å². The van der Waals surface area contributed by atoms with Gasteiger partial charge in [0.25, 0.3) is 0 Å². The number of benzene rings is 1. The Morgan fingerprint density at radius 2 is 2.17 bits per heavy atom. The number of hydrogen-bond acceptors (Lipinski definition) is 3. The predicted octanol–water partition coefficient (Wildman–Crippen LogP) is 3.13. The number of rotatable bonds is 4. The van der Waals surface area contributed by atoms with Crippen molar-refractivity contribution in [3.63, 3.8) is 0 Å². The Bertz CT molecular complexity index is 724. The molecular formula is C18H20N4O. The van der Waals surface area contributed by atoms with E-state index >= 15 is 0 Å². The molecule has 0 aliphatic heterocycles. The van der Waals surface area contributed by atoms with Gasteiger partial charge in [-0.3, -0.25) is 4.79 Å². The van der Waals surface area contributed by atoms with Gasteiger partial charge in [-0.2, -0.15) is 10.4 Å². The monoisotopic (exact) mass is 308 g/mol. The van der Waals surface area contributed by atoms with E-state index in [1.807, 2.05) is 43.5 Å². The van der Waals surface area contributed by atoms with E-state index in [2.05, 4.69) is 16.5 Å². The van der Waals surface area contributed by atoms with Crippen molar-refractivity contribution < 1.29 is 4.79 Å². The molecule has 1 aromatic carbocycles. The van der Waals surface area contributed by atoms with Gasteiger partial charge in [-0.15, -0.1) is 0 Å². The second-order valence-electron chi connectivity index (χ2n) is 6.14. The molecule has 1 aliphatic rings. The van der Waals surface area contributed by atoms with Gasteiger partial charge in [0.2, 0.25) is 5.91 Å². The van der Waals surface area contributed by atoms with Crippen molar-refractivity contribution in [1.82, 2.24) is 15.1 Å². The predicted molar refractivity (Wildman–Crippen MR) is 86.6 cm³/mol. The fraction of sp³-hybridized carbons (Fsp3) is 0.389. The van der Waals surface area contributed by atoms with Crippen LogP contribution in [0.25, 0.3) is 5.69 Å². The summed E-state index contributed by atoms with van der Waals surface area (Å²) >= 11 is 0. The molecule has 1 fully saturated rings. The molecule has 2 aromatic rings. The molecule has 0 saturated heterocycles. The van der Waals surface area contributed by atoms with Gasteiger partial charge in [0.15, 0.2) is 0 Å². The molecule has 5 nitrogen and oxygen atoms in total. The van der Waals surface area contributed by atoms with Crippen molar-refractivity contribution in [2.75, 3.05) is 0 Å². The fourth-order valence-electron chi connectivity index (χ4n) is 3.14. The van der Waals surface area contributed by atoms with E-state index in [1.165, 1.54) is 0 Å². The molecule has 1 saturated carbocycles. The van der Waals surface area contributed by atoms with E-state index < -0.39 is 5.41 Å². The van der Waals surface area contributed by atoms with Crippen molar-refractivity contribution in [2.24, 2.45) is 5.41 Å². The number of nitriles is 1. The van der Waals surface area contributed by atoms with Gasteiger partial charge in [0.1, 0.15) is 5.41 Å². The Morgan fingerprint density at radius 3 is 2.83 bits per heavy atom. The van der Waals surface area contributed by atoms with Crippen LogP contribution in [0.5, 0.6) is 0 Å². The van der Waals surface area contributed by atoms with Gasteiger partial charge in [0.05, 0.1) is 17.8 Å². The van der Waals surface area contributed by atoms with Crippen LogP contribution in [-0.4, -0.2) is 15.7 Å². The second kappa shape index (κ2) is 6.25. The summed E-state index contributed by atoms with van der Waals surface area (Å²) in [7, 11) is 0. The maximum Gasteiger partial charge on any atom is 0.240 e. The molecule has 0 unspecified atom stereocenters. The van der Waals surface area contributed by atoms with Gasteiger partial charge in [-0.25, -0.2) is 4.68 Å². The first kappa shape index (κ1) is 15.3. The first-order valence-electron chi connectivity index (χ1n) is 7.97. The van der Waals surface area contributed by atoms with Crippen LogP contribution in [0.15, 0.2) is 42.7 Å². The number of hydrogen-bond donors (Lipinski definition) is 1. The molecule has 1 N–H and O–H groups in total. The average molecular weight is 308 g/mol. The highest BCUT2D eigenvalue weighted by Gasteiger charge is 2.41. The molecule has 1 aliphatic carbocycles. The lowest BCUT2D eigenvalue weighted by molar-refractivity contribution is -0.128. The van der Waals surface area contributed by atoms with Crippen LogP contribution in [0, 0.1) is 16.7 Å². The smallest absolute Gasteiger partial charge is 0.240 e. The number of nitrogens with one attached hydrogen (secondary N) is 1. The lowest BCUT2D eigenvalue weighted by Gasteiger charge is -2.23. The number of nitrogens with zero attached hydrogens (tertiary/aromatic N) is 3. The first-order chi connectivity index (χ1) is 11.1. The zero-order valence-corrected chi connectivity index (χ0v) is 13.2. The molecule has 0 spiro atoms. The maximum atomic E-state index is 12.5. The topological polar surface area (TPSA) is 70.7 Å². The number of amides is 1. The highest BCUT2D eigenvalue weighted by atomic mass is 16.2. The van der Waals surface area contributed by atoms with Gasteiger partial charge in [0, 0.05) is 12.4 Å². The summed E-state index contributed by atoms with van der Waals surface area (Å²) in [5.74, 6) is -0.144. The van der Waals surface area contributed by atoms with E-state index in [0.717, 1.165) is 24.1 Å². The molecule has 118 valence electrons. The van der Waals surface area contributed by atoms with Gasteiger partial charge < -0.3 is 5.32 Å². The van der Waals surface area contributed by atoms with Crippen LogP contribution in [0.2, 0.25) is 0 Å². The van der Waals surface area contributed by atoms with Crippen molar-refractivity contribution >= 4 is 5.91 Å². The highest BCUT2D eigenvalue weighted by Crippen LogP contribution is 2.38. The summed E-state index contributed by atoms with van der Waals surface area (Å²) in [6.07, 6.45) is 6.83. The molecule has 1 atom stereocenters. The third-order valence-corrected chi connectivity index (χ3v) is 4.59. The molecule has 0 radical (unpaired) electrons. The van der Waals surface area contributed by atoms with Gasteiger partial charge in [-0.1, -0.05) is 25.0 Å². The van der Waals surface area contributed by atoms with Crippen LogP contribution >= 0.6 is 0 Å². The minimum Gasteiger partial charge on any atom is -0.348 e. The maximum absolute atomic E-state index is 12.5. The van der Waals surface area contributed by atoms with Crippen molar-refractivity contribution in [3.8, 4) is 11.8 Å². The standard InChI is InChI=1S/C18H20N4O/c1-14(21-17(23)18(13-19)8-2-3-9-18)15-6-4-7-16(12-15)22-11-5-10-20-22/h4-7,10-12,14H,2-3,8-9H2,1H3,(H,21,23)/t14-/m1/s1. The van der Waals surface area contributed by atoms with Crippen LogP contribution in [0.3, 0.4) is 0 Å². The number of aromatic nitrogens is 2. The molecule has 23 heavy (non-hydrogen) atoms. The third-order valence-electron chi connectivity index (χ3n) is 4.59. The molecule has 5 heteroatoms. The van der Waals surface area contributed by atoms with Crippen molar-refractivity contribution in [3.05, 3.63) is 48.3 Å². The minimum atomic E-state index is -0.839. The molecule has 0 bridgehead atoms. The summed E-state index contributed by atoms with van der Waals surface area (Å²) in [6.45, 7) is 1.94. The minimum absolute atomic E-state index is 0.144. The Hall–Kier alpha value is -2.61. The quantitative estimate of drug-likeness (QED) is 0.943. The van der Waals surface area contributed by atoms with Crippen molar-refractivity contribution in [1.29, 1.82) is 5.26 Å². The summed E-state index contributed by atoms with van der Waals surface area (Å²) in [5, 5.41) is 16.6. The molecule has 3 rings (SSSR count). The van der Waals surface area contributed by atoms with Crippen LogP contribution < -0.4 is 5.32 Å². The van der Waals surface area contributed by atoms with Crippen LogP contribution in [-0.2, 0) is 4.79 Å². The van der Waals surface area contributed by atoms with Crippen molar-refractivity contribution in [2.45, 2.75) is 38.6 Å². The lowest BCUT2D eigenvalue weighted by atomic mass is 9.86. The van der Waals surface area contributed by atoms with E-state index in [0.29, 0.717) is 12.8 Å². The van der Waals surface area contributed by atoms with Crippen LogP contribution in [0.4, 0.5) is 0 Å². The normalized spacial score (nSPS) is 17.4. The third kappa shape index (κ3) is 2.98. The first-order valence-corrected chi connectivity index (χ1v) is 7.97. The highest BCUT2D eigenvalue weighted by molar-refractivity contribution is 5.86. The van der Waals surface area contributed by atoms with E-state index in [4.69, 9.17) is 0 Å². The number of carbonyl (C=O) groups excluding carboxylic acids is 1. The molecule has 1 aromatic heterocycles. The summed E-state index contributed by atoms with van der Waals surface area (Å²) in [5.41, 5.74) is 1.11. The van der Waals surface area contributed by atoms with Crippen LogP contribution in [0.1, 0.15) is 44.2 Å². The average Bonchev–Trinajstić information content (AvgIpc) is 3.27. The van der Waals surface area contributed by atoms with Gasteiger partial charge in [-0.05, 0) is 43.5 Å². The SMILES string of the molecule is C[C@@H](NC(=O)C1(C#N)CCCC1)c1cccc(-n2cccn2)c1. The van der Waals surface area contributed by atoms with E-state index in [9.17, 15) is 10.1 Å². The fourth-order valence-corrected chi connectivity index (χ4v) is 3.14. The molecule has 1 heterocycles. The zero-order chi connectivity index (χ0) is 16.3. The van der Waals surface area contributed by atoms with Gasteiger partial charge >= 0.3 is 0 Å². The summed E-state index contributed by atoms with van der Waals surface area (Å²) < 4.78 is 1.78. The zero-order valence-electron chi connectivity index (χ0n) is 13.2. The lowest BCUT2D eigenvalue weighted by Crippen LogP contribution is -2.39. The Morgan fingerprint density at radius 1 is 1.39 bits per heavy atom. The largest absolute Gasteiger partial charge is 0.348 e. The Kier molecular flexibility index (Phi) is 4.16. The Labute approximate surface area is 135 Å². The number of carbonyl (C=O) groups is 1. The summed E-state index contributed by atoms with van der Waals surface area (Å²) in [4.78, 5) is 12.5. The second-order valence-corrected chi connectivity index (χ2v) is 6.14.